The zero-order valence-corrected chi connectivity index (χ0v) is 30.1. The van der Waals surface area contributed by atoms with E-state index in [-0.39, 0.29) is 35.7 Å². The first kappa shape index (κ1) is 35.5. The van der Waals surface area contributed by atoms with Gasteiger partial charge in [-0.05, 0) is 90.7 Å². The van der Waals surface area contributed by atoms with Crippen LogP contribution < -0.4 is 18.9 Å². The summed E-state index contributed by atoms with van der Waals surface area (Å²) in [6, 6.07) is 32.6. The molecule has 4 atom stereocenters. The van der Waals surface area contributed by atoms with Gasteiger partial charge in [-0.25, -0.2) is 0 Å². The Kier molecular flexibility index (Phi) is 10.3. The third-order valence-electron chi connectivity index (χ3n) is 9.96. The number of aliphatic hydroxyl groups is 1. The standard InChI is InChI=1S/C43H50O7/c1-8-38(39-27-48-39)49-35-21-13-31(14-22-35)41(2,3)30-11-19-34(20-12-30)47-28-40(44)43(6,7)50-36-23-15-32(16-24-36)42(4,5)29-9-17-33(18-10-29)45-25-37-26-46-37/h8-24,37-40,44H,1,25-28H2,2-7H3. The topological polar surface area (TPSA) is 82.2 Å². The van der Waals surface area contributed by atoms with Crippen LogP contribution in [0.3, 0.4) is 0 Å². The lowest BCUT2D eigenvalue weighted by Gasteiger charge is -2.32. The highest BCUT2D eigenvalue weighted by atomic mass is 16.6. The highest BCUT2D eigenvalue weighted by Crippen LogP contribution is 2.36. The number of benzene rings is 4. The monoisotopic (exact) mass is 678 g/mol. The molecule has 2 saturated heterocycles. The molecular formula is C43H50O7. The van der Waals surface area contributed by atoms with Gasteiger partial charge >= 0.3 is 0 Å². The van der Waals surface area contributed by atoms with Crippen molar-refractivity contribution in [1.29, 1.82) is 0 Å². The van der Waals surface area contributed by atoms with Crippen LogP contribution in [0.1, 0.15) is 63.8 Å². The molecule has 7 heteroatoms. The average Bonchev–Trinajstić information content (AvgIpc) is 4.05. The second-order valence-corrected chi connectivity index (χ2v) is 14.8. The number of hydrogen-bond donors (Lipinski definition) is 1. The van der Waals surface area contributed by atoms with Crippen LogP contribution in [0.2, 0.25) is 0 Å². The summed E-state index contributed by atoms with van der Waals surface area (Å²) in [5, 5.41) is 11.1. The molecule has 0 radical (unpaired) electrons. The van der Waals surface area contributed by atoms with Gasteiger partial charge in [-0.1, -0.05) is 82.8 Å². The largest absolute Gasteiger partial charge is 0.491 e. The number of ether oxygens (including phenoxy) is 6. The maximum atomic E-state index is 11.1. The van der Waals surface area contributed by atoms with E-state index in [1.54, 1.807) is 6.08 Å². The highest BCUT2D eigenvalue weighted by molar-refractivity contribution is 5.43. The van der Waals surface area contributed by atoms with Crippen molar-refractivity contribution in [2.75, 3.05) is 26.4 Å². The molecule has 4 unspecified atom stereocenters. The summed E-state index contributed by atoms with van der Waals surface area (Å²) < 4.78 is 34.7. The molecule has 2 aliphatic heterocycles. The van der Waals surface area contributed by atoms with Crippen molar-refractivity contribution in [3.05, 3.63) is 132 Å². The first-order valence-corrected chi connectivity index (χ1v) is 17.4. The van der Waals surface area contributed by atoms with E-state index in [0.29, 0.717) is 24.7 Å². The quantitative estimate of drug-likeness (QED) is 0.0894. The molecule has 0 amide bonds. The second kappa shape index (κ2) is 14.5. The van der Waals surface area contributed by atoms with E-state index in [9.17, 15) is 5.11 Å². The lowest BCUT2D eigenvalue weighted by Crippen LogP contribution is -2.45. The smallest absolute Gasteiger partial charge is 0.145 e. The third-order valence-corrected chi connectivity index (χ3v) is 9.96. The molecule has 4 aromatic rings. The molecule has 0 aromatic heterocycles. The van der Waals surface area contributed by atoms with Crippen LogP contribution in [0, 0.1) is 0 Å². The van der Waals surface area contributed by atoms with Crippen molar-refractivity contribution in [2.45, 2.75) is 82.4 Å². The van der Waals surface area contributed by atoms with Crippen LogP contribution in [0.5, 0.6) is 23.0 Å². The Morgan fingerprint density at radius 3 is 1.50 bits per heavy atom. The first-order valence-electron chi connectivity index (χ1n) is 17.4. The van der Waals surface area contributed by atoms with Crippen LogP contribution in [-0.2, 0) is 20.3 Å². The lowest BCUT2D eigenvalue weighted by molar-refractivity contribution is -0.0492. The molecule has 0 saturated carbocycles. The first-order chi connectivity index (χ1) is 23.8. The van der Waals surface area contributed by atoms with Crippen molar-refractivity contribution in [3.63, 3.8) is 0 Å². The summed E-state index contributed by atoms with van der Waals surface area (Å²) in [5.74, 6) is 3.01. The van der Waals surface area contributed by atoms with E-state index in [1.807, 2.05) is 62.4 Å². The van der Waals surface area contributed by atoms with Crippen LogP contribution in [0.15, 0.2) is 110 Å². The van der Waals surface area contributed by atoms with Gasteiger partial charge in [-0.15, -0.1) is 0 Å². The molecule has 7 nitrogen and oxygen atoms in total. The fraction of sp³-hybridized carbons (Fsp3) is 0.395. The number of aliphatic hydroxyl groups excluding tert-OH is 1. The molecule has 0 bridgehead atoms. The van der Waals surface area contributed by atoms with Crippen molar-refractivity contribution in [1.82, 2.24) is 0 Å². The molecule has 264 valence electrons. The minimum atomic E-state index is -0.881. The van der Waals surface area contributed by atoms with Gasteiger partial charge < -0.3 is 33.5 Å². The molecule has 2 heterocycles. The second-order valence-electron chi connectivity index (χ2n) is 14.8. The molecule has 50 heavy (non-hydrogen) atoms. The Hall–Kier alpha value is -4.30. The third kappa shape index (κ3) is 8.52. The molecule has 6 rings (SSSR count). The van der Waals surface area contributed by atoms with Crippen LogP contribution in [0.25, 0.3) is 0 Å². The Morgan fingerprint density at radius 2 is 1.08 bits per heavy atom. The van der Waals surface area contributed by atoms with Crippen LogP contribution >= 0.6 is 0 Å². The Bertz CT molecular complexity index is 1700. The normalized spacial score (nSPS) is 18.5. The van der Waals surface area contributed by atoms with Crippen molar-refractivity contribution >= 4 is 0 Å². The number of rotatable bonds is 17. The molecule has 1 N–H and O–H groups in total. The Morgan fingerprint density at radius 1 is 0.660 bits per heavy atom. The number of hydrogen-bond acceptors (Lipinski definition) is 7. The highest BCUT2D eigenvalue weighted by Gasteiger charge is 2.33. The maximum absolute atomic E-state index is 11.1. The number of epoxide rings is 2. The minimum Gasteiger partial charge on any atom is -0.491 e. The average molecular weight is 679 g/mol. The van der Waals surface area contributed by atoms with Gasteiger partial charge in [0.1, 0.15) is 66.2 Å². The van der Waals surface area contributed by atoms with Gasteiger partial charge in [0.05, 0.1) is 13.2 Å². The van der Waals surface area contributed by atoms with Crippen molar-refractivity contribution in [2.24, 2.45) is 0 Å². The summed E-state index contributed by atoms with van der Waals surface area (Å²) in [6.45, 7) is 18.6. The van der Waals surface area contributed by atoms with E-state index in [0.717, 1.165) is 29.2 Å². The molecule has 4 aromatic carbocycles. The van der Waals surface area contributed by atoms with Crippen LogP contribution in [-0.4, -0.2) is 61.6 Å². The molecular weight excluding hydrogens is 628 g/mol. The fourth-order valence-corrected chi connectivity index (χ4v) is 5.94. The van der Waals surface area contributed by atoms with Gasteiger partial charge in [0.15, 0.2) is 0 Å². The summed E-state index contributed by atoms with van der Waals surface area (Å²) in [7, 11) is 0. The molecule has 2 aliphatic rings. The van der Waals surface area contributed by atoms with Gasteiger partial charge in [0.25, 0.3) is 0 Å². The summed E-state index contributed by atoms with van der Waals surface area (Å²) >= 11 is 0. The zero-order chi connectivity index (χ0) is 35.5. The van der Waals surface area contributed by atoms with Crippen molar-refractivity contribution in [3.8, 4) is 23.0 Å². The van der Waals surface area contributed by atoms with E-state index in [2.05, 4.69) is 82.8 Å². The Labute approximate surface area is 296 Å². The van der Waals surface area contributed by atoms with E-state index < -0.39 is 11.7 Å². The SMILES string of the molecule is C=CC(Oc1ccc(C(C)(C)c2ccc(OCC(O)C(C)(C)Oc3ccc(C(C)(C)c4ccc(OCC5CO5)cc4)cc3)cc2)cc1)C1CO1. The minimum absolute atomic E-state index is 0.0906. The maximum Gasteiger partial charge on any atom is 0.145 e. The summed E-state index contributed by atoms with van der Waals surface area (Å²) in [5.41, 5.74) is 3.33. The predicted octanol–water partition coefficient (Wildman–Crippen LogP) is 8.05. The Balaban J connectivity index is 1.00. The van der Waals surface area contributed by atoms with Crippen molar-refractivity contribution < 1.29 is 33.5 Å². The van der Waals surface area contributed by atoms with E-state index in [1.165, 1.54) is 11.1 Å². The van der Waals surface area contributed by atoms with Gasteiger partial charge in [-0.3, -0.25) is 0 Å². The summed E-state index contributed by atoms with van der Waals surface area (Å²) in [4.78, 5) is 0. The van der Waals surface area contributed by atoms with Crippen LogP contribution in [0.4, 0.5) is 0 Å². The lowest BCUT2D eigenvalue weighted by atomic mass is 9.78. The van der Waals surface area contributed by atoms with E-state index in [4.69, 9.17) is 28.4 Å². The molecule has 0 spiro atoms. The van der Waals surface area contributed by atoms with Gasteiger partial charge in [0, 0.05) is 10.8 Å². The molecule has 2 fully saturated rings. The fourth-order valence-electron chi connectivity index (χ4n) is 5.94. The summed E-state index contributed by atoms with van der Waals surface area (Å²) in [6.07, 6.45) is 1.12. The zero-order valence-electron chi connectivity index (χ0n) is 30.1. The predicted molar refractivity (Wildman–Crippen MR) is 196 cm³/mol. The van der Waals surface area contributed by atoms with Gasteiger partial charge in [-0.2, -0.15) is 0 Å². The van der Waals surface area contributed by atoms with Gasteiger partial charge in [0.2, 0.25) is 0 Å². The molecule has 0 aliphatic carbocycles. The van der Waals surface area contributed by atoms with E-state index >= 15 is 0 Å².